The fourth-order valence-electron chi connectivity index (χ4n) is 2.25. The van der Waals surface area contributed by atoms with Gasteiger partial charge in [-0.1, -0.05) is 17.3 Å². The van der Waals surface area contributed by atoms with Crippen LogP contribution in [0.25, 0.3) is 5.82 Å². The molecular weight excluding hydrogens is 354 g/mol. The SMILES string of the molecule is CN(C)Cc1c(C(=O)N/N=C/c2cccc(O)c2)nnn1-c1nonc1N. The molecule has 2 aromatic heterocycles. The molecule has 12 heteroatoms. The maximum atomic E-state index is 12.5. The first kappa shape index (κ1) is 18.0. The van der Waals surface area contributed by atoms with E-state index in [4.69, 9.17) is 5.73 Å². The third-order valence-corrected chi connectivity index (χ3v) is 3.39. The van der Waals surface area contributed by atoms with Gasteiger partial charge in [0.15, 0.2) is 5.69 Å². The largest absolute Gasteiger partial charge is 0.508 e. The first-order valence-corrected chi connectivity index (χ1v) is 7.76. The molecule has 0 bridgehead atoms. The van der Waals surface area contributed by atoms with Gasteiger partial charge in [0.25, 0.3) is 5.91 Å². The number of aromatic hydroxyl groups is 1. The molecule has 0 fully saturated rings. The van der Waals surface area contributed by atoms with Gasteiger partial charge in [-0.2, -0.15) is 9.78 Å². The van der Waals surface area contributed by atoms with Crippen molar-refractivity contribution in [1.29, 1.82) is 0 Å². The lowest BCUT2D eigenvalue weighted by Crippen LogP contribution is -2.23. The normalized spacial score (nSPS) is 11.4. The van der Waals surface area contributed by atoms with Crippen LogP contribution in [0.5, 0.6) is 5.75 Å². The second-order valence-corrected chi connectivity index (χ2v) is 5.80. The van der Waals surface area contributed by atoms with Gasteiger partial charge in [-0.15, -0.1) is 5.10 Å². The Morgan fingerprint density at radius 3 is 2.93 bits per heavy atom. The number of hydrazone groups is 1. The van der Waals surface area contributed by atoms with E-state index in [0.717, 1.165) is 0 Å². The van der Waals surface area contributed by atoms with Crippen molar-refractivity contribution in [2.45, 2.75) is 6.54 Å². The molecule has 2 heterocycles. The minimum atomic E-state index is -0.565. The van der Waals surface area contributed by atoms with Crippen LogP contribution in [-0.2, 0) is 6.54 Å². The van der Waals surface area contributed by atoms with Crippen LogP contribution in [0.4, 0.5) is 5.82 Å². The van der Waals surface area contributed by atoms with Gasteiger partial charge in [0.1, 0.15) is 5.75 Å². The van der Waals surface area contributed by atoms with Gasteiger partial charge < -0.3 is 15.7 Å². The molecule has 4 N–H and O–H groups in total. The molecule has 3 aromatic rings. The topological polar surface area (TPSA) is 161 Å². The number of hydrogen-bond donors (Lipinski definition) is 3. The zero-order valence-electron chi connectivity index (χ0n) is 14.6. The molecule has 1 amide bonds. The monoisotopic (exact) mass is 371 g/mol. The van der Waals surface area contributed by atoms with Crippen LogP contribution in [-0.4, -0.2) is 61.5 Å². The highest BCUT2D eigenvalue weighted by Gasteiger charge is 2.24. The summed E-state index contributed by atoms with van der Waals surface area (Å²) < 4.78 is 5.87. The van der Waals surface area contributed by atoms with Gasteiger partial charge >= 0.3 is 0 Å². The molecule has 0 aliphatic carbocycles. The van der Waals surface area contributed by atoms with Gasteiger partial charge in [-0.3, -0.25) is 4.79 Å². The molecule has 12 nitrogen and oxygen atoms in total. The number of carbonyl (C=O) groups is 1. The molecule has 27 heavy (non-hydrogen) atoms. The quantitative estimate of drug-likeness (QED) is 0.392. The van der Waals surface area contributed by atoms with Gasteiger partial charge in [0, 0.05) is 6.54 Å². The molecule has 0 radical (unpaired) electrons. The minimum Gasteiger partial charge on any atom is -0.508 e. The number of anilines is 1. The number of amides is 1. The van der Waals surface area contributed by atoms with Gasteiger partial charge in [-0.25, -0.2) is 10.1 Å². The lowest BCUT2D eigenvalue weighted by Gasteiger charge is -2.11. The number of nitrogen functional groups attached to an aromatic ring is 1. The number of phenols is 1. The Morgan fingerprint density at radius 2 is 2.26 bits per heavy atom. The Balaban J connectivity index is 1.84. The highest BCUT2D eigenvalue weighted by Crippen LogP contribution is 2.16. The Hall–Kier alpha value is -3.80. The highest BCUT2D eigenvalue weighted by molar-refractivity contribution is 5.94. The van der Waals surface area contributed by atoms with Crippen molar-refractivity contribution in [1.82, 2.24) is 35.6 Å². The Labute approximate surface area is 153 Å². The number of nitrogens with zero attached hydrogens (tertiary/aromatic N) is 7. The van der Waals surface area contributed by atoms with Crippen LogP contribution >= 0.6 is 0 Å². The van der Waals surface area contributed by atoms with E-state index in [-0.39, 0.29) is 23.1 Å². The van der Waals surface area contributed by atoms with Crippen molar-refractivity contribution in [3.63, 3.8) is 0 Å². The summed E-state index contributed by atoms with van der Waals surface area (Å²) in [5, 5.41) is 28.3. The van der Waals surface area contributed by atoms with Crippen molar-refractivity contribution >= 4 is 17.9 Å². The summed E-state index contributed by atoms with van der Waals surface area (Å²) >= 11 is 0. The zero-order chi connectivity index (χ0) is 19.4. The van der Waals surface area contributed by atoms with Crippen molar-refractivity contribution in [2.24, 2.45) is 5.10 Å². The van der Waals surface area contributed by atoms with E-state index in [0.29, 0.717) is 17.8 Å². The average molecular weight is 371 g/mol. The van der Waals surface area contributed by atoms with Crippen LogP contribution in [0.3, 0.4) is 0 Å². The summed E-state index contributed by atoms with van der Waals surface area (Å²) in [6, 6.07) is 6.43. The first-order valence-electron chi connectivity index (χ1n) is 7.76. The summed E-state index contributed by atoms with van der Waals surface area (Å²) in [6.45, 7) is 0.332. The second-order valence-electron chi connectivity index (χ2n) is 5.80. The van der Waals surface area contributed by atoms with Crippen molar-refractivity contribution in [3.05, 3.63) is 41.2 Å². The molecule has 0 unspecified atom stereocenters. The van der Waals surface area contributed by atoms with Crippen LogP contribution in [0.15, 0.2) is 34.0 Å². The maximum absolute atomic E-state index is 12.5. The summed E-state index contributed by atoms with van der Waals surface area (Å²) in [4.78, 5) is 14.3. The maximum Gasteiger partial charge on any atom is 0.293 e. The van der Waals surface area contributed by atoms with Gasteiger partial charge in [0.2, 0.25) is 11.6 Å². The third-order valence-electron chi connectivity index (χ3n) is 3.39. The molecule has 0 aliphatic heterocycles. The first-order chi connectivity index (χ1) is 13.0. The number of rotatable bonds is 6. The predicted molar refractivity (Wildman–Crippen MR) is 94.2 cm³/mol. The van der Waals surface area contributed by atoms with E-state index in [1.165, 1.54) is 23.0 Å². The van der Waals surface area contributed by atoms with Crippen molar-refractivity contribution < 1.29 is 14.5 Å². The number of carbonyl (C=O) groups excluding carboxylic acids is 1. The molecule has 0 atom stereocenters. The van der Waals surface area contributed by atoms with Crippen molar-refractivity contribution in [3.8, 4) is 11.6 Å². The Bertz CT molecular complexity index is 977. The fourth-order valence-corrected chi connectivity index (χ4v) is 2.25. The summed E-state index contributed by atoms with van der Waals surface area (Å²) in [7, 11) is 3.65. The smallest absolute Gasteiger partial charge is 0.293 e. The fraction of sp³-hybridized carbons (Fsp3) is 0.200. The highest BCUT2D eigenvalue weighted by atomic mass is 16.6. The van der Waals surface area contributed by atoms with Crippen LogP contribution < -0.4 is 11.2 Å². The van der Waals surface area contributed by atoms with Crippen LogP contribution in [0.1, 0.15) is 21.7 Å². The van der Waals surface area contributed by atoms with Crippen LogP contribution in [0, 0.1) is 0 Å². The molecule has 1 aromatic carbocycles. The number of nitrogens with one attached hydrogen (secondary N) is 1. The van der Waals surface area contributed by atoms with E-state index < -0.39 is 5.91 Å². The number of benzene rings is 1. The standard InChI is InChI=1S/C15H17N9O3/c1-23(2)8-11-12(18-22-24(11)14-13(16)20-27-21-14)15(26)19-17-7-9-4-3-5-10(25)6-9/h3-7,25H,8H2,1-2H3,(H2,16,20)(H,19,26)/b17-7+. The molecular formula is C15H17N9O3. The molecule has 3 rings (SSSR count). The third kappa shape index (κ3) is 4.07. The van der Waals surface area contributed by atoms with Gasteiger partial charge in [0.05, 0.1) is 11.9 Å². The molecule has 0 spiro atoms. The van der Waals surface area contributed by atoms with E-state index in [9.17, 15) is 9.90 Å². The summed E-state index contributed by atoms with van der Waals surface area (Å²) in [5.41, 5.74) is 9.19. The molecule has 0 aliphatic rings. The predicted octanol–water partition coefficient (Wildman–Crippen LogP) is -0.236. The summed E-state index contributed by atoms with van der Waals surface area (Å²) in [6.07, 6.45) is 1.40. The van der Waals surface area contributed by atoms with E-state index in [1.54, 1.807) is 12.1 Å². The second kappa shape index (κ2) is 7.61. The number of hydrogen-bond acceptors (Lipinski definition) is 10. The summed E-state index contributed by atoms with van der Waals surface area (Å²) in [5.74, 6) is -0.305. The van der Waals surface area contributed by atoms with E-state index in [2.05, 4.69) is 35.8 Å². The zero-order valence-corrected chi connectivity index (χ0v) is 14.6. The van der Waals surface area contributed by atoms with E-state index in [1.807, 2.05) is 19.0 Å². The molecule has 140 valence electrons. The van der Waals surface area contributed by atoms with Crippen molar-refractivity contribution in [2.75, 3.05) is 19.8 Å². The minimum absolute atomic E-state index is 0.0220. The Morgan fingerprint density at radius 1 is 1.44 bits per heavy atom. The number of nitrogens with two attached hydrogens (primary N) is 1. The van der Waals surface area contributed by atoms with E-state index >= 15 is 0 Å². The lowest BCUT2D eigenvalue weighted by molar-refractivity contribution is 0.0948. The molecule has 0 saturated heterocycles. The van der Waals surface area contributed by atoms with Crippen LogP contribution in [0.2, 0.25) is 0 Å². The average Bonchev–Trinajstić information content (AvgIpc) is 3.20. The lowest BCUT2D eigenvalue weighted by atomic mass is 10.2. The number of aromatic nitrogens is 5. The molecule has 0 saturated carbocycles. The number of phenolic OH excluding ortho intramolecular Hbond substituents is 1. The van der Waals surface area contributed by atoms with Gasteiger partial charge in [-0.05, 0) is 42.1 Å². The Kier molecular flexibility index (Phi) is 5.08.